The topological polar surface area (TPSA) is 167 Å². The number of aliphatic hydroxyl groups is 1. The molecule has 0 bridgehead atoms. The van der Waals surface area contributed by atoms with Crippen molar-refractivity contribution in [3.8, 4) is 16.8 Å². The summed E-state index contributed by atoms with van der Waals surface area (Å²) in [6.07, 6.45) is 7.28. The van der Waals surface area contributed by atoms with Gasteiger partial charge in [-0.15, -0.1) is 5.10 Å². The third kappa shape index (κ3) is 4.01. The molecule has 0 unspecified atom stereocenters. The zero-order valence-corrected chi connectivity index (χ0v) is 17.8. The fraction of sp³-hybridized carbons (Fsp3) is 0.333. The maximum Gasteiger partial charge on any atom is 0.242 e. The van der Waals surface area contributed by atoms with Gasteiger partial charge in [-0.05, 0) is 37.0 Å². The van der Waals surface area contributed by atoms with Gasteiger partial charge in [0.1, 0.15) is 0 Å². The fourth-order valence-corrected chi connectivity index (χ4v) is 4.18. The molecular formula is C21H24N10O2. The van der Waals surface area contributed by atoms with Crippen molar-refractivity contribution < 1.29 is 9.90 Å². The average molecular weight is 448 g/mol. The molecule has 0 saturated heterocycles. The second kappa shape index (κ2) is 8.56. The molecule has 0 aliphatic heterocycles. The molecule has 1 aliphatic rings. The number of carbonyl (C=O) groups excluding carboxylic acids is 1. The van der Waals surface area contributed by atoms with Crippen LogP contribution in [0.15, 0.2) is 42.9 Å². The summed E-state index contributed by atoms with van der Waals surface area (Å²) in [6, 6.07) is 7.70. The van der Waals surface area contributed by atoms with E-state index in [-0.39, 0.29) is 24.5 Å². The summed E-state index contributed by atoms with van der Waals surface area (Å²) >= 11 is 0. The number of aliphatic hydroxyl groups excluding tert-OH is 1. The molecule has 1 saturated carbocycles. The molecule has 33 heavy (non-hydrogen) atoms. The van der Waals surface area contributed by atoms with Crippen LogP contribution in [-0.4, -0.2) is 58.4 Å². The molecule has 12 heteroatoms. The molecular weight excluding hydrogens is 424 g/mol. The third-order valence-corrected chi connectivity index (χ3v) is 6.02. The molecule has 3 aromatic heterocycles. The maximum atomic E-state index is 11.5. The van der Waals surface area contributed by atoms with Crippen molar-refractivity contribution in [3.05, 3.63) is 42.9 Å². The van der Waals surface area contributed by atoms with Crippen LogP contribution in [0.4, 0.5) is 5.95 Å². The van der Waals surface area contributed by atoms with Gasteiger partial charge in [0.2, 0.25) is 11.9 Å². The van der Waals surface area contributed by atoms with E-state index in [0.29, 0.717) is 36.5 Å². The molecule has 1 amide bonds. The van der Waals surface area contributed by atoms with Gasteiger partial charge < -0.3 is 10.8 Å². The summed E-state index contributed by atoms with van der Waals surface area (Å²) in [5.41, 5.74) is 9.24. The third-order valence-electron chi connectivity index (χ3n) is 6.02. The van der Waals surface area contributed by atoms with Crippen LogP contribution >= 0.6 is 0 Å². The van der Waals surface area contributed by atoms with E-state index in [1.807, 2.05) is 30.5 Å². The highest BCUT2D eigenvalue weighted by atomic mass is 16.3. The van der Waals surface area contributed by atoms with Crippen molar-refractivity contribution in [1.29, 1.82) is 0 Å². The summed E-state index contributed by atoms with van der Waals surface area (Å²) in [5.74, 6) is 6.17. The Morgan fingerprint density at radius 3 is 2.73 bits per heavy atom. The molecule has 12 nitrogen and oxygen atoms in total. The Hall–Kier alpha value is -3.90. The Kier molecular flexibility index (Phi) is 5.44. The van der Waals surface area contributed by atoms with E-state index < -0.39 is 0 Å². The minimum atomic E-state index is -0.297. The fourth-order valence-electron chi connectivity index (χ4n) is 4.18. The lowest BCUT2D eigenvalue weighted by atomic mass is 10.1. The molecule has 0 spiro atoms. The number of anilines is 1. The van der Waals surface area contributed by atoms with Gasteiger partial charge in [-0.25, -0.2) is 10.8 Å². The predicted molar refractivity (Wildman–Crippen MR) is 120 cm³/mol. The number of nitrogens with zero attached hydrogens (tertiary/aromatic N) is 8. The molecule has 1 aromatic carbocycles. The second-order valence-electron chi connectivity index (χ2n) is 8.12. The van der Waals surface area contributed by atoms with Crippen molar-refractivity contribution >= 4 is 23.0 Å². The first-order valence-corrected chi connectivity index (χ1v) is 10.7. The Balaban J connectivity index is 1.40. The molecule has 1 fully saturated rings. The number of fused-ring (bicyclic) bond motifs is 1. The van der Waals surface area contributed by atoms with Gasteiger partial charge in [0, 0.05) is 23.7 Å². The predicted octanol–water partition coefficient (Wildman–Crippen LogP) is 0.400. The normalized spacial score (nSPS) is 18.1. The van der Waals surface area contributed by atoms with Gasteiger partial charge in [0.25, 0.3) is 0 Å². The number of primary amides is 1. The lowest BCUT2D eigenvalue weighted by Gasteiger charge is -2.23. The van der Waals surface area contributed by atoms with Crippen molar-refractivity contribution in [3.63, 3.8) is 0 Å². The minimum absolute atomic E-state index is 0.0377. The Morgan fingerprint density at radius 2 is 2.00 bits per heavy atom. The molecule has 5 N–H and O–H groups in total. The molecule has 2 atom stereocenters. The summed E-state index contributed by atoms with van der Waals surface area (Å²) in [7, 11) is 0. The van der Waals surface area contributed by atoms with Crippen LogP contribution in [-0.2, 0) is 11.3 Å². The Bertz CT molecular complexity index is 1280. The zero-order chi connectivity index (χ0) is 22.9. The molecule has 5 rings (SSSR count). The van der Waals surface area contributed by atoms with Crippen LogP contribution < -0.4 is 16.6 Å². The monoisotopic (exact) mass is 448 g/mol. The first kappa shape index (κ1) is 21.0. The highest BCUT2D eigenvalue weighted by Gasteiger charge is 2.32. The average Bonchev–Trinajstić information content (AvgIpc) is 3.58. The van der Waals surface area contributed by atoms with Crippen molar-refractivity contribution in [2.75, 3.05) is 11.6 Å². The summed E-state index contributed by atoms with van der Waals surface area (Å²) < 4.78 is 3.33. The first-order chi connectivity index (χ1) is 16.0. The lowest BCUT2D eigenvalue weighted by Crippen LogP contribution is -2.41. The SMILES string of the molecule is NC(=O)[C@@H]1CC[C@@H](N(N)c2ncc3nnn(-c4ccc(-c5cnn(CCO)c5)cc4)c3n2)C1. The first-order valence-electron chi connectivity index (χ1n) is 10.7. The smallest absolute Gasteiger partial charge is 0.242 e. The van der Waals surface area contributed by atoms with E-state index in [2.05, 4.69) is 25.4 Å². The summed E-state index contributed by atoms with van der Waals surface area (Å²) in [5, 5.41) is 23.2. The number of nitrogens with two attached hydrogens (primary N) is 2. The van der Waals surface area contributed by atoms with Crippen LogP contribution in [0.25, 0.3) is 28.0 Å². The number of hydrogen-bond donors (Lipinski definition) is 3. The van der Waals surface area contributed by atoms with Crippen molar-refractivity contribution in [1.82, 2.24) is 34.7 Å². The van der Waals surface area contributed by atoms with Crippen LogP contribution in [0.2, 0.25) is 0 Å². The number of hydrazine groups is 1. The quantitative estimate of drug-likeness (QED) is 0.268. The number of rotatable bonds is 7. The summed E-state index contributed by atoms with van der Waals surface area (Å²) in [4.78, 5) is 20.4. The number of carbonyl (C=O) groups is 1. The van der Waals surface area contributed by atoms with Crippen LogP contribution in [0.5, 0.6) is 0 Å². The summed E-state index contributed by atoms with van der Waals surface area (Å²) in [6.45, 7) is 0.489. The van der Waals surface area contributed by atoms with Crippen LogP contribution in [0.3, 0.4) is 0 Å². The molecule has 1 aliphatic carbocycles. The van der Waals surface area contributed by atoms with Gasteiger partial charge in [-0.3, -0.25) is 14.5 Å². The number of hydrogen-bond acceptors (Lipinski definition) is 9. The Morgan fingerprint density at radius 1 is 1.18 bits per heavy atom. The standard InChI is InChI=1S/C21H24N10O2/c22-19(33)14-3-6-17(9-14)30(23)21-24-11-18-20(26-21)31(28-27-18)16-4-1-13(2-5-16)15-10-25-29(12-15)7-8-32/h1-2,4-5,10-12,14,17,32H,3,6-9,23H2,(H2,22,33)/t14-,17-/m1/s1. The van der Waals surface area contributed by atoms with Crippen LogP contribution in [0.1, 0.15) is 19.3 Å². The van der Waals surface area contributed by atoms with Crippen molar-refractivity contribution in [2.45, 2.75) is 31.8 Å². The number of benzene rings is 1. The van der Waals surface area contributed by atoms with Gasteiger partial charge in [-0.2, -0.15) is 14.8 Å². The van der Waals surface area contributed by atoms with Crippen LogP contribution in [0, 0.1) is 5.92 Å². The van der Waals surface area contributed by atoms with Gasteiger partial charge in [0.05, 0.1) is 31.2 Å². The van der Waals surface area contributed by atoms with Gasteiger partial charge >= 0.3 is 0 Å². The number of aromatic nitrogens is 7. The molecule has 170 valence electrons. The zero-order valence-electron chi connectivity index (χ0n) is 17.8. The van der Waals surface area contributed by atoms with Gasteiger partial charge in [-0.1, -0.05) is 17.3 Å². The van der Waals surface area contributed by atoms with Gasteiger partial charge in [0.15, 0.2) is 11.2 Å². The minimum Gasteiger partial charge on any atom is -0.394 e. The molecule has 0 radical (unpaired) electrons. The van der Waals surface area contributed by atoms with E-state index in [9.17, 15) is 4.79 Å². The highest BCUT2D eigenvalue weighted by Crippen LogP contribution is 2.30. The Labute approximate surface area is 188 Å². The number of amides is 1. The highest BCUT2D eigenvalue weighted by molar-refractivity contribution is 5.77. The largest absolute Gasteiger partial charge is 0.394 e. The second-order valence-corrected chi connectivity index (χ2v) is 8.12. The van der Waals surface area contributed by atoms with E-state index >= 15 is 0 Å². The van der Waals surface area contributed by atoms with E-state index in [0.717, 1.165) is 23.2 Å². The van der Waals surface area contributed by atoms with E-state index in [1.165, 1.54) is 5.01 Å². The van der Waals surface area contributed by atoms with E-state index in [4.69, 9.17) is 16.7 Å². The molecule has 3 heterocycles. The molecule has 4 aromatic rings. The lowest BCUT2D eigenvalue weighted by molar-refractivity contribution is -0.121. The van der Waals surface area contributed by atoms with Crippen molar-refractivity contribution in [2.24, 2.45) is 17.5 Å². The van der Waals surface area contributed by atoms with E-state index in [1.54, 1.807) is 21.8 Å². The maximum absolute atomic E-state index is 11.5.